The fourth-order valence-electron chi connectivity index (χ4n) is 5.13. The number of hydrogen-bond donors (Lipinski definition) is 1. The van der Waals surface area contributed by atoms with E-state index < -0.39 is 5.97 Å². The van der Waals surface area contributed by atoms with Gasteiger partial charge < -0.3 is 14.4 Å². The maximum absolute atomic E-state index is 11.5. The fraction of sp³-hybridized carbons (Fsp3) is 0.448. The Balaban J connectivity index is 1.54. The van der Waals surface area contributed by atoms with Crippen molar-refractivity contribution < 1.29 is 14.6 Å². The predicted octanol–water partition coefficient (Wildman–Crippen LogP) is 6.26. The molecular formula is C29H36N2O3. The second-order valence-electron chi connectivity index (χ2n) is 11.0. The van der Waals surface area contributed by atoms with Crippen LogP contribution in [0.25, 0.3) is 0 Å². The molecule has 4 rings (SSSR count). The summed E-state index contributed by atoms with van der Waals surface area (Å²) >= 11 is 0. The van der Waals surface area contributed by atoms with Gasteiger partial charge in [0.2, 0.25) is 0 Å². The highest BCUT2D eigenvalue weighted by molar-refractivity contribution is 5.68. The number of rotatable bonds is 7. The molecule has 1 aromatic heterocycles. The molecule has 0 fully saturated rings. The van der Waals surface area contributed by atoms with Crippen LogP contribution in [0.4, 0.5) is 0 Å². The van der Waals surface area contributed by atoms with Gasteiger partial charge in [-0.25, -0.2) is 4.98 Å². The number of carboxylic acid groups (broad SMARTS) is 1. The third-order valence-corrected chi connectivity index (χ3v) is 7.54. The number of nitrogens with zero attached hydrogens (tertiary/aromatic N) is 2. The quantitative estimate of drug-likeness (QED) is 0.452. The van der Waals surface area contributed by atoms with E-state index in [9.17, 15) is 9.90 Å². The van der Waals surface area contributed by atoms with Crippen molar-refractivity contribution in [1.82, 2.24) is 9.55 Å². The monoisotopic (exact) mass is 460 g/mol. The van der Waals surface area contributed by atoms with Crippen LogP contribution in [0.1, 0.15) is 86.5 Å². The van der Waals surface area contributed by atoms with Gasteiger partial charge in [0.05, 0.1) is 12.3 Å². The summed E-state index contributed by atoms with van der Waals surface area (Å²) in [5.74, 6) is 0.364. The summed E-state index contributed by atoms with van der Waals surface area (Å²) in [6.07, 6.45) is 5.92. The summed E-state index contributed by atoms with van der Waals surface area (Å²) in [4.78, 5) is 15.9. The average Bonchev–Trinajstić information content (AvgIpc) is 3.20. The minimum atomic E-state index is -0.845. The number of ether oxygens (including phenoxy) is 1. The SMILES string of the molecule is Cc1cc2c(cc1COc1ccc([C@H](CC(=O)O)c3nccn3C)cc1)C(C)(C)CCC2(C)C. The van der Waals surface area contributed by atoms with Gasteiger partial charge >= 0.3 is 5.97 Å². The Labute approximate surface area is 202 Å². The Bertz CT molecular complexity index is 1190. The minimum absolute atomic E-state index is 0.00842. The molecule has 1 atom stereocenters. The van der Waals surface area contributed by atoms with Crippen molar-refractivity contribution in [2.75, 3.05) is 0 Å². The van der Waals surface area contributed by atoms with Crippen molar-refractivity contribution in [2.24, 2.45) is 7.05 Å². The van der Waals surface area contributed by atoms with Gasteiger partial charge in [0, 0.05) is 19.4 Å². The number of carbonyl (C=O) groups is 1. The molecule has 5 nitrogen and oxygen atoms in total. The molecule has 0 saturated heterocycles. The molecule has 1 aliphatic rings. The van der Waals surface area contributed by atoms with Gasteiger partial charge in [-0.15, -0.1) is 0 Å². The molecule has 1 aliphatic carbocycles. The second kappa shape index (κ2) is 8.94. The highest BCUT2D eigenvalue weighted by Crippen LogP contribution is 2.46. The maximum Gasteiger partial charge on any atom is 0.304 e. The smallest absolute Gasteiger partial charge is 0.304 e. The zero-order valence-corrected chi connectivity index (χ0v) is 21.2. The van der Waals surface area contributed by atoms with Crippen LogP contribution in [-0.4, -0.2) is 20.6 Å². The third kappa shape index (κ3) is 4.75. The molecule has 180 valence electrons. The van der Waals surface area contributed by atoms with Crippen molar-refractivity contribution in [1.29, 1.82) is 0 Å². The lowest BCUT2D eigenvalue weighted by Crippen LogP contribution is -2.34. The van der Waals surface area contributed by atoms with E-state index in [1.165, 1.54) is 35.1 Å². The maximum atomic E-state index is 11.5. The van der Waals surface area contributed by atoms with E-state index in [0.29, 0.717) is 6.61 Å². The molecule has 1 heterocycles. The van der Waals surface area contributed by atoms with Crippen molar-refractivity contribution in [2.45, 2.75) is 77.2 Å². The summed E-state index contributed by atoms with van der Waals surface area (Å²) in [5.41, 5.74) is 6.66. The predicted molar refractivity (Wildman–Crippen MR) is 135 cm³/mol. The highest BCUT2D eigenvalue weighted by atomic mass is 16.5. The highest BCUT2D eigenvalue weighted by Gasteiger charge is 2.37. The number of aryl methyl sites for hydroxylation is 2. The van der Waals surface area contributed by atoms with Crippen LogP contribution in [0.5, 0.6) is 5.75 Å². The molecule has 0 amide bonds. The fourth-order valence-corrected chi connectivity index (χ4v) is 5.13. The number of benzene rings is 2. The summed E-state index contributed by atoms with van der Waals surface area (Å²) in [6.45, 7) is 12.1. The molecule has 0 radical (unpaired) electrons. The van der Waals surface area contributed by atoms with E-state index >= 15 is 0 Å². The molecule has 0 spiro atoms. The topological polar surface area (TPSA) is 64.3 Å². The van der Waals surface area contributed by atoms with Gasteiger partial charge in [-0.2, -0.15) is 0 Å². The van der Waals surface area contributed by atoms with E-state index in [2.05, 4.69) is 51.7 Å². The summed E-state index contributed by atoms with van der Waals surface area (Å²) in [7, 11) is 1.89. The van der Waals surface area contributed by atoms with Crippen LogP contribution in [0.15, 0.2) is 48.8 Å². The largest absolute Gasteiger partial charge is 0.489 e. The Morgan fingerprint density at radius 1 is 1.09 bits per heavy atom. The first-order valence-electron chi connectivity index (χ1n) is 12.0. The Morgan fingerprint density at radius 3 is 2.26 bits per heavy atom. The lowest BCUT2D eigenvalue weighted by molar-refractivity contribution is -0.137. The van der Waals surface area contributed by atoms with E-state index in [4.69, 9.17) is 4.74 Å². The first-order chi connectivity index (χ1) is 16.0. The Hall–Kier alpha value is -3.08. The van der Waals surface area contributed by atoms with E-state index in [0.717, 1.165) is 17.1 Å². The molecule has 2 aromatic carbocycles. The van der Waals surface area contributed by atoms with Crippen LogP contribution in [0, 0.1) is 6.92 Å². The molecule has 5 heteroatoms. The molecule has 3 aromatic rings. The van der Waals surface area contributed by atoms with Crippen molar-refractivity contribution in [3.63, 3.8) is 0 Å². The van der Waals surface area contributed by atoms with Gasteiger partial charge in [-0.1, -0.05) is 52.0 Å². The standard InChI is InChI=1S/C29H36N2O3/c1-19-15-24-25(29(4,5)12-11-28(24,2)3)16-21(19)18-34-22-9-7-20(8-10-22)23(17-26(32)33)27-30-13-14-31(27)6/h7-10,13-16,23H,11-12,17-18H2,1-6H3,(H,32,33)/t23-/m0/s1. The summed E-state index contributed by atoms with van der Waals surface area (Å²) in [6, 6.07) is 12.5. The van der Waals surface area contributed by atoms with Gasteiger partial charge in [-0.05, 0) is 70.5 Å². The summed E-state index contributed by atoms with van der Waals surface area (Å²) < 4.78 is 8.05. The lowest BCUT2D eigenvalue weighted by atomic mass is 9.62. The van der Waals surface area contributed by atoms with E-state index in [1.807, 2.05) is 42.1 Å². The van der Waals surface area contributed by atoms with Crippen LogP contribution in [0.2, 0.25) is 0 Å². The van der Waals surface area contributed by atoms with Crippen LogP contribution < -0.4 is 4.74 Å². The first-order valence-corrected chi connectivity index (χ1v) is 12.0. The Morgan fingerprint density at radius 2 is 1.71 bits per heavy atom. The number of hydrogen-bond acceptors (Lipinski definition) is 3. The van der Waals surface area contributed by atoms with Crippen molar-refractivity contribution >= 4 is 5.97 Å². The van der Waals surface area contributed by atoms with Crippen LogP contribution >= 0.6 is 0 Å². The molecule has 34 heavy (non-hydrogen) atoms. The first kappa shape index (κ1) is 24.1. The van der Waals surface area contributed by atoms with Gasteiger partial charge in [0.25, 0.3) is 0 Å². The third-order valence-electron chi connectivity index (χ3n) is 7.54. The van der Waals surface area contributed by atoms with E-state index in [-0.39, 0.29) is 23.2 Å². The zero-order chi connectivity index (χ0) is 24.7. The number of aliphatic carboxylic acids is 1. The molecule has 1 N–H and O–H groups in total. The van der Waals surface area contributed by atoms with Crippen LogP contribution in [0.3, 0.4) is 0 Å². The molecule has 0 bridgehead atoms. The zero-order valence-electron chi connectivity index (χ0n) is 21.2. The lowest BCUT2D eigenvalue weighted by Gasteiger charge is -2.42. The normalized spacial score (nSPS) is 17.1. The number of carboxylic acids is 1. The second-order valence-corrected chi connectivity index (χ2v) is 11.0. The summed E-state index contributed by atoms with van der Waals surface area (Å²) in [5, 5.41) is 9.42. The Kier molecular flexibility index (Phi) is 6.32. The van der Waals surface area contributed by atoms with Crippen LogP contribution in [-0.2, 0) is 29.3 Å². The number of aromatic nitrogens is 2. The van der Waals surface area contributed by atoms with Crippen molar-refractivity contribution in [3.05, 3.63) is 82.4 Å². The molecule has 0 saturated carbocycles. The van der Waals surface area contributed by atoms with Crippen molar-refractivity contribution in [3.8, 4) is 5.75 Å². The average molecular weight is 461 g/mol. The number of fused-ring (bicyclic) bond motifs is 1. The minimum Gasteiger partial charge on any atom is -0.489 e. The van der Waals surface area contributed by atoms with Gasteiger partial charge in [0.1, 0.15) is 18.2 Å². The number of imidazole rings is 1. The van der Waals surface area contributed by atoms with Gasteiger partial charge in [-0.3, -0.25) is 4.79 Å². The van der Waals surface area contributed by atoms with Gasteiger partial charge in [0.15, 0.2) is 0 Å². The van der Waals surface area contributed by atoms with E-state index in [1.54, 1.807) is 6.20 Å². The molecule has 0 aliphatic heterocycles. The molecular weight excluding hydrogens is 424 g/mol. The molecule has 0 unspecified atom stereocenters.